The monoisotopic (exact) mass is 218 g/mol. The van der Waals surface area contributed by atoms with Crippen molar-refractivity contribution in [3.8, 4) is 0 Å². The third-order valence-electron chi connectivity index (χ3n) is 1.84. The third-order valence-corrected chi connectivity index (χ3v) is 2.53. The first kappa shape index (κ1) is 9.26. The molecule has 0 spiro atoms. The number of rotatable bonds is 0. The van der Waals surface area contributed by atoms with E-state index in [1.807, 2.05) is 0 Å². The predicted octanol–water partition coefficient (Wildman–Crippen LogP) is 2.90. The first-order chi connectivity index (χ1) is 6.50. The van der Waals surface area contributed by atoms with Gasteiger partial charge in [0.15, 0.2) is 0 Å². The summed E-state index contributed by atoms with van der Waals surface area (Å²) < 4.78 is 41.0. The van der Waals surface area contributed by atoms with Crippen LogP contribution in [0, 0.1) is 0 Å². The van der Waals surface area contributed by atoms with E-state index in [4.69, 9.17) is 5.73 Å². The zero-order chi connectivity index (χ0) is 10.3. The molecule has 0 bridgehead atoms. The molecule has 1 heterocycles. The van der Waals surface area contributed by atoms with Gasteiger partial charge in [-0.3, -0.25) is 0 Å². The number of anilines is 1. The van der Waals surface area contributed by atoms with Crippen LogP contribution in [0.4, 0.5) is 18.2 Å². The maximum atomic E-state index is 12.5. The number of hydrogen-bond donors (Lipinski definition) is 1. The van der Waals surface area contributed by atoms with E-state index in [0.717, 1.165) is 17.6 Å². The highest BCUT2D eigenvalue weighted by Crippen LogP contribution is 2.36. The molecule has 0 aliphatic heterocycles. The predicted molar refractivity (Wildman–Crippen MR) is 49.0 cm³/mol. The zero-order valence-corrected chi connectivity index (χ0v) is 7.62. The molecule has 0 atom stereocenters. The minimum atomic E-state index is -4.37. The molecule has 0 unspecified atom stereocenters. The van der Waals surface area contributed by atoms with Gasteiger partial charge in [-0.2, -0.15) is 17.5 Å². The highest BCUT2D eigenvalue weighted by molar-refractivity contribution is 7.11. The van der Waals surface area contributed by atoms with Gasteiger partial charge in [-0.1, -0.05) is 6.07 Å². The third kappa shape index (κ3) is 1.31. The summed E-state index contributed by atoms with van der Waals surface area (Å²) in [5, 5.41) is 0.677. The SMILES string of the molecule is Nc1snc2c(C(F)(F)F)cccc12. The smallest absolute Gasteiger partial charge is 0.389 e. The van der Waals surface area contributed by atoms with Gasteiger partial charge in [-0.15, -0.1) is 0 Å². The molecular weight excluding hydrogens is 213 g/mol. The van der Waals surface area contributed by atoms with Crippen LogP contribution >= 0.6 is 11.5 Å². The lowest BCUT2D eigenvalue weighted by molar-refractivity contribution is -0.136. The molecule has 2 aromatic rings. The Hall–Kier alpha value is -1.30. The second-order valence-corrected chi connectivity index (χ2v) is 3.55. The Morgan fingerprint density at radius 2 is 2.00 bits per heavy atom. The summed E-state index contributed by atoms with van der Waals surface area (Å²) in [6.45, 7) is 0. The van der Waals surface area contributed by atoms with Gasteiger partial charge in [0.05, 0.1) is 11.1 Å². The van der Waals surface area contributed by atoms with Gasteiger partial charge in [-0.05, 0) is 23.7 Å². The van der Waals surface area contributed by atoms with Crippen molar-refractivity contribution in [2.75, 3.05) is 5.73 Å². The summed E-state index contributed by atoms with van der Waals surface area (Å²) in [5.74, 6) is 0. The van der Waals surface area contributed by atoms with E-state index < -0.39 is 11.7 Å². The molecule has 0 aliphatic carbocycles. The molecule has 1 aromatic carbocycles. The van der Waals surface area contributed by atoms with Crippen LogP contribution in [0.25, 0.3) is 10.9 Å². The number of benzene rings is 1. The van der Waals surface area contributed by atoms with E-state index in [1.165, 1.54) is 12.1 Å². The first-order valence-electron chi connectivity index (χ1n) is 3.71. The van der Waals surface area contributed by atoms with Crippen LogP contribution in [0.3, 0.4) is 0 Å². The molecule has 14 heavy (non-hydrogen) atoms. The molecule has 2 rings (SSSR count). The van der Waals surface area contributed by atoms with Gasteiger partial charge in [-0.25, -0.2) is 0 Å². The summed E-state index contributed by atoms with van der Waals surface area (Å²) in [6.07, 6.45) is -4.37. The van der Waals surface area contributed by atoms with Crippen molar-refractivity contribution in [1.29, 1.82) is 0 Å². The van der Waals surface area contributed by atoms with Crippen molar-refractivity contribution >= 4 is 27.4 Å². The number of alkyl halides is 3. The van der Waals surface area contributed by atoms with Crippen molar-refractivity contribution < 1.29 is 13.2 Å². The molecule has 6 heteroatoms. The number of hydrogen-bond acceptors (Lipinski definition) is 3. The Balaban J connectivity index is 2.79. The number of nitrogens with two attached hydrogens (primary N) is 1. The molecule has 0 radical (unpaired) electrons. The maximum Gasteiger partial charge on any atom is 0.418 e. The normalized spacial score (nSPS) is 12.2. The Morgan fingerprint density at radius 3 is 2.64 bits per heavy atom. The average molecular weight is 218 g/mol. The number of aromatic nitrogens is 1. The van der Waals surface area contributed by atoms with E-state index in [-0.39, 0.29) is 5.52 Å². The molecule has 2 nitrogen and oxygen atoms in total. The van der Waals surface area contributed by atoms with Crippen LogP contribution in [0.5, 0.6) is 0 Å². The average Bonchev–Trinajstić information content (AvgIpc) is 2.46. The highest BCUT2D eigenvalue weighted by Gasteiger charge is 2.33. The van der Waals surface area contributed by atoms with Crippen LogP contribution in [0.2, 0.25) is 0 Å². The van der Waals surface area contributed by atoms with Crippen LogP contribution in [-0.2, 0) is 6.18 Å². The molecule has 2 N–H and O–H groups in total. The van der Waals surface area contributed by atoms with Gasteiger partial charge in [0.25, 0.3) is 0 Å². The number of nitrogen functional groups attached to an aromatic ring is 1. The summed E-state index contributed by atoms with van der Waals surface area (Å²) in [7, 11) is 0. The Morgan fingerprint density at radius 1 is 1.29 bits per heavy atom. The number of halogens is 3. The molecule has 74 valence electrons. The first-order valence-corrected chi connectivity index (χ1v) is 4.48. The zero-order valence-electron chi connectivity index (χ0n) is 6.80. The summed E-state index contributed by atoms with van der Waals surface area (Å²) in [6, 6.07) is 3.86. The van der Waals surface area contributed by atoms with Crippen molar-refractivity contribution in [2.24, 2.45) is 0 Å². The van der Waals surface area contributed by atoms with Crippen LogP contribution in [0.1, 0.15) is 5.56 Å². The van der Waals surface area contributed by atoms with E-state index in [0.29, 0.717) is 10.4 Å². The second kappa shape index (κ2) is 2.84. The van der Waals surface area contributed by atoms with Gasteiger partial charge in [0, 0.05) is 5.39 Å². The van der Waals surface area contributed by atoms with Crippen LogP contribution in [-0.4, -0.2) is 4.37 Å². The van der Waals surface area contributed by atoms with E-state index in [9.17, 15) is 13.2 Å². The molecule has 0 aliphatic rings. The standard InChI is InChI=1S/C8H5F3N2S/c9-8(10,11)5-3-1-2-4-6(5)13-14-7(4)12/h1-3H,12H2. The Bertz CT molecular complexity index is 475. The maximum absolute atomic E-state index is 12.5. The number of nitrogens with zero attached hydrogens (tertiary/aromatic N) is 1. The van der Waals surface area contributed by atoms with Gasteiger partial charge in [0.2, 0.25) is 0 Å². The summed E-state index contributed by atoms with van der Waals surface area (Å²) in [4.78, 5) is 0. The van der Waals surface area contributed by atoms with Gasteiger partial charge in [0.1, 0.15) is 5.00 Å². The quantitative estimate of drug-likeness (QED) is 0.738. The topological polar surface area (TPSA) is 38.9 Å². The number of fused-ring (bicyclic) bond motifs is 1. The fourth-order valence-corrected chi connectivity index (χ4v) is 1.86. The molecule has 1 aromatic heterocycles. The molecule has 0 saturated carbocycles. The summed E-state index contributed by atoms with van der Waals surface area (Å²) in [5.41, 5.74) is 4.68. The minimum Gasteiger partial charge on any atom is -0.389 e. The van der Waals surface area contributed by atoms with Crippen molar-refractivity contribution in [1.82, 2.24) is 4.37 Å². The van der Waals surface area contributed by atoms with Gasteiger partial charge < -0.3 is 5.73 Å². The Kier molecular flexibility index (Phi) is 1.88. The largest absolute Gasteiger partial charge is 0.418 e. The van der Waals surface area contributed by atoms with Crippen molar-refractivity contribution in [3.63, 3.8) is 0 Å². The minimum absolute atomic E-state index is 0.0671. The fraction of sp³-hybridized carbons (Fsp3) is 0.125. The highest BCUT2D eigenvalue weighted by atomic mass is 32.1. The van der Waals surface area contributed by atoms with Crippen molar-refractivity contribution in [2.45, 2.75) is 6.18 Å². The van der Waals surface area contributed by atoms with Gasteiger partial charge >= 0.3 is 6.18 Å². The lowest BCUT2D eigenvalue weighted by Gasteiger charge is -2.06. The van der Waals surface area contributed by atoms with E-state index >= 15 is 0 Å². The van der Waals surface area contributed by atoms with E-state index in [2.05, 4.69) is 4.37 Å². The summed E-state index contributed by atoms with van der Waals surface area (Å²) >= 11 is 0.876. The lowest BCUT2D eigenvalue weighted by atomic mass is 10.1. The van der Waals surface area contributed by atoms with E-state index in [1.54, 1.807) is 0 Å². The molecule has 0 amide bonds. The fourth-order valence-electron chi connectivity index (χ4n) is 1.21. The van der Waals surface area contributed by atoms with Crippen molar-refractivity contribution in [3.05, 3.63) is 23.8 Å². The second-order valence-electron chi connectivity index (χ2n) is 2.75. The van der Waals surface area contributed by atoms with Crippen LogP contribution < -0.4 is 5.73 Å². The lowest BCUT2D eigenvalue weighted by Crippen LogP contribution is -2.05. The molecule has 0 fully saturated rings. The Labute approximate surface area is 81.3 Å². The molecule has 0 saturated heterocycles. The molecular formula is C8H5F3N2S. The van der Waals surface area contributed by atoms with Crippen LogP contribution in [0.15, 0.2) is 18.2 Å².